The van der Waals surface area contributed by atoms with Gasteiger partial charge in [-0.1, -0.05) is 23.5 Å². The Morgan fingerprint density at radius 2 is 2.04 bits per heavy atom. The number of carbonyl (C=O) groups is 2. The highest BCUT2D eigenvalue weighted by Crippen LogP contribution is 2.23. The van der Waals surface area contributed by atoms with Gasteiger partial charge in [0.15, 0.2) is 5.78 Å². The molecule has 0 spiro atoms. The average molecular weight is 368 g/mol. The maximum absolute atomic E-state index is 12.5. The van der Waals surface area contributed by atoms with Crippen LogP contribution in [-0.2, 0) is 16.0 Å². The van der Waals surface area contributed by atoms with E-state index in [4.69, 9.17) is 0 Å². The molecule has 126 valence electrons. The zero-order valence-electron chi connectivity index (χ0n) is 12.9. The summed E-state index contributed by atoms with van der Waals surface area (Å²) in [7, 11) is 1.25. The number of thiazole rings is 1. The van der Waals surface area contributed by atoms with E-state index >= 15 is 0 Å². The van der Waals surface area contributed by atoms with Gasteiger partial charge in [0, 0.05) is 0 Å². The predicted molar refractivity (Wildman–Crippen MR) is 92.5 cm³/mol. The Balaban J connectivity index is 0.00000208. The fourth-order valence-corrected chi connectivity index (χ4v) is 3.21. The van der Waals surface area contributed by atoms with Crippen LogP contribution in [0.4, 0.5) is 0 Å². The molecule has 0 aliphatic carbocycles. The maximum atomic E-state index is 12.5. The number of fused-ring (bicyclic) bond motifs is 1. The van der Waals surface area contributed by atoms with Crippen LogP contribution < -0.4 is 5.56 Å². The third-order valence-corrected chi connectivity index (χ3v) is 4.36. The van der Waals surface area contributed by atoms with E-state index in [-0.39, 0.29) is 30.1 Å². The summed E-state index contributed by atoms with van der Waals surface area (Å²) in [6.07, 6.45) is -0.182. The molecule has 0 radical (unpaired) electrons. The molecule has 0 fully saturated rings. The van der Waals surface area contributed by atoms with E-state index < -0.39 is 17.3 Å². The number of hydrogen-bond donors (Lipinski definition) is 1. The van der Waals surface area contributed by atoms with E-state index in [0.29, 0.717) is 5.13 Å². The number of H-pyrrole nitrogens is 1. The number of rotatable bonds is 4. The molecule has 3 rings (SSSR count). The Morgan fingerprint density at radius 1 is 1.33 bits per heavy atom. The van der Waals surface area contributed by atoms with E-state index in [1.165, 1.54) is 30.1 Å². The average Bonchev–Trinajstić information content (AvgIpc) is 3.07. The lowest BCUT2D eigenvalue weighted by Crippen LogP contribution is -2.19. The van der Waals surface area contributed by atoms with Crippen molar-refractivity contribution in [3.8, 4) is 5.13 Å². The van der Waals surface area contributed by atoms with Crippen molar-refractivity contribution in [2.75, 3.05) is 7.11 Å². The minimum Gasteiger partial charge on any atom is -0.469 e. The summed E-state index contributed by atoms with van der Waals surface area (Å²) in [5.74, 6) is -0.949. The SMILES string of the molecule is COC(=O)Cc1[nH]n(-c2nc3ccccc3s2)c(=O)c1C(C)=O.Cl. The van der Waals surface area contributed by atoms with E-state index in [1.807, 2.05) is 24.3 Å². The molecular weight excluding hydrogens is 354 g/mol. The van der Waals surface area contributed by atoms with Crippen molar-refractivity contribution in [1.29, 1.82) is 0 Å². The van der Waals surface area contributed by atoms with E-state index in [2.05, 4.69) is 14.8 Å². The van der Waals surface area contributed by atoms with Crippen LogP contribution in [0, 0.1) is 0 Å². The Hall–Kier alpha value is -2.45. The minimum atomic E-state index is -0.537. The first-order chi connectivity index (χ1) is 11.0. The van der Waals surface area contributed by atoms with Crippen molar-refractivity contribution in [3.63, 3.8) is 0 Å². The highest BCUT2D eigenvalue weighted by atomic mass is 35.5. The van der Waals surface area contributed by atoms with Gasteiger partial charge in [-0.25, -0.2) is 4.98 Å². The molecule has 2 aromatic heterocycles. The molecule has 1 aromatic carbocycles. The van der Waals surface area contributed by atoms with Crippen LogP contribution in [-0.4, -0.2) is 33.6 Å². The van der Waals surface area contributed by atoms with Crippen LogP contribution in [0.3, 0.4) is 0 Å². The highest BCUT2D eigenvalue weighted by molar-refractivity contribution is 7.20. The fourth-order valence-electron chi connectivity index (χ4n) is 2.28. The van der Waals surface area contributed by atoms with Gasteiger partial charge in [-0.05, 0) is 19.1 Å². The first-order valence-corrected chi connectivity index (χ1v) is 7.60. The van der Waals surface area contributed by atoms with Crippen molar-refractivity contribution in [3.05, 3.63) is 45.9 Å². The lowest BCUT2D eigenvalue weighted by atomic mass is 10.1. The number of aromatic amines is 1. The molecule has 0 aliphatic rings. The predicted octanol–water partition coefficient (Wildman–Crippen LogP) is 2.12. The Kier molecular flexibility index (Phi) is 5.20. The standard InChI is InChI=1S/C15H13N3O4S.ClH/c1-8(19)13-10(7-12(20)22-2)17-18(14(13)21)15-16-9-5-3-4-6-11(9)23-15;/h3-6,17H,7H2,1-2H3;1H. The second-order valence-corrected chi connectivity index (χ2v) is 5.89. The number of nitrogens with one attached hydrogen (secondary N) is 1. The second kappa shape index (κ2) is 6.98. The van der Waals surface area contributed by atoms with Gasteiger partial charge in [-0.2, -0.15) is 4.68 Å². The number of ether oxygens (including phenoxy) is 1. The largest absolute Gasteiger partial charge is 0.469 e. The summed E-state index contributed by atoms with van der Waals surface area (Å²) in [5, 5.41) is 3.22. The van der Waals surface area contributed by atoms with Gasteiger partial charge in [0.1, 0.15) is 5.56 Å². The van der Waals surface area contributed by atoms with E-state index in [1.54, 1.807) is 0 Å². The van der Waals surface area contributed by atoms with Crippen molar-refractivity contribution in [2.24, 2.45) is 0 Å². The number of methoxy groups -OCH3 is 1. The number of para-hydroxylation sites is 1. The molecule has 24 heavy (non-hydrogen) atoms. The zero-order valence-corrected chi connectivity index (χ0v) is 14.5. The molecule has 9 heteroatoms. The molecular formula is C15H14ClN3O4S. The highest BCUT2D eigenvalue weighted by Gasteiger charge is 2.22. The van der Waals surface area contributed by atoms with Gasteiger partial charge < -0.3 is 4.74 Å². The van der Waals surface area contributed by atoms with Gasteiger partial charge in [-0.15, -0.1) is 12.4 Å². The summed E-state index contributed by atoms with van der Waals surface area (Å²) < 4.78 is 6.71. The Bertz CT molecular complexity index is 940. The van der Waals surface area contributed by atoms with Gasteiger partial charge >= 0.3 is 5.97 Å². The van der Waals surface area contributed by atoms with Crippen molar-refractivity contribution in [2.45, 2.75) is 13.3 Å². The van der Waals surface area contributed by atoms with Gasteiger partial charge in [0.2, 0.25) is 5.13 Å². The lowest BCUT2D eigenvalue weighted by Gasteiger charge is -1.98. The number of nitrogens with zero attached hydrogens (tertiary/aromatic N) is 2. The number of carbonyl (C=O) groups excluding carboxylic acids is 2. The van der Waals surface area contributed by atoms with Crippen molar-refractivity contribution in [1.82, 2.24) is 14.8 Å². The van der Waals surface area contributed by atoms with Crippen molar-refractivity contribution < 1.29 is 14.3 Å². The van der Waals surface area contributed by atoms with Gasteiger partial charge in [-0.3, -0.25) is 19.5 Å². The van der Waals surface area contributed by atoms with Crippen LogP contribution in [0.15, 0.2) is 29.1 Å². The topological polar surface area (TPSA) is 94.1 Å². The molecule has 0 saturated heterocycles. The molecule has 0 atom stereocenters. The molecule has 0 unspecified atom stereocenters. The first kappa shape index (κ1) is 17.9. The summed E-state index contributed by atoms with van der Waals surface area (Å²) in [6.45, 7) is 1.29. The van der Waals surface area contributed by atoms with E-state index in [0.717, 1.165) is 10.2 Å². The molecule has 3 aromatic rings. The Labute approximate surface area is 146 Å². The summed E-state index contributed by atoms with van der Waals surface area (Å²) in [4.78, 5) is 40.1. The van der Waals surface area contributed by atoms with Crippen LogP contribution in [0.25, 0.3) is 15.3 Å². The fraction of sp³-hybridized carbons (Fsp3) is 0.200. The molecule has 0 bridgehead atoms. The third-order valence-electron chi connectivity index (χ3n) is 3.34. The Morgan fingerprint density at radius 3 is 2.67 bits per heavy atom. The quantitative estimate of drug-likeness (QED) is 0.563. The molecule has 0 aliphatic heterocycles. The molecule has 0 amide bonds. The number of aromatic nitrogens is 3. The molecule has 2 heterocycles. The van der Waals surface area contributed by atoms with Crippen LogP contribution >= 0.6 is 23.7 Å². The number of ketones is 1. The van der Waals surface area contributed by atoms with Crippen LogP contribution in [0.2, 0.25) is 0 Å². The summed E-state index contributed by atoms with van der Waals surface area (Å²) in [5.41, 5.74) is 0.423. The summed E-state index contributed by atoms with van der Waals surface area (Å²) in [6, 6.07) is 7.47. The third kappa shape index (κ3) is 3.10. The van der Waals surface area contributed by atoms with Crippen LogP contribution in [0.5, 0.6) is 0 Å². The second-order valence-electron chi connectivity index (χ2n) is 4.88. The normalized spacial score (nSPS) is 10.4. The van der Waals surface area contributed by atoms with Gasteiger partial charge in [0.05, 0.1) is 29.4 Å². The number of Topliss-reactive ketones (excluding diaryl/α,β-unsaturated/α-hetero) is 1. The van der Waals surface area contributed by atoms with E-state index in [9.17, 15) is 14.4 Å². The summed E-state index contributed by atoms with van der Waals surface area (Å²) >= 11 is 1.32. The number of halogens is 1. The molecule has 7 nitrogen and oxygen atoms in total. The molecule has 1 N–H and O–H groups in total. The number of benzene rings is 1. The lowest BCUT2D eigenvalue weighted by molar-refractivity contribution is -0.139. The molecule has 0 saturated carbocycles. The monoisotopic (exact) mass is 367 g/mol. The van der Waals surface area contributed by atoms with Crippen molar-refractivity contribution >= 4 is 45.7 Å². The first-order valence-electron chi connectivity index (χ1n) is 6.79. The number of esters is 1. The smallest absolute Gasteiger partial charge is 0.311 e. The van der Waals surface area contributed by atoms with Crippen LogP contribution in [0.1, 0.15) is 23.0 Å². The number of hydrogen-bond acceptors (Lipinski definition) is 6. The maximum Gasteiger partial charge on any atom is 0.311 e. The minimum absolute atomic E-state index is 0. The zero-order chi connectivity index (χ0) is 16.6. The van der Waals surface area contributed by atoms with Gasteiger partial charge in [0.25, 0.3) is 5.56 Å².